The zero-order chi connectivity index (χ0) is 21.4. The summed E-state index contributed by atoms with van der Waals surface area (Å²) in [6.45, 7) is 4.22. The summed E-state index contributed by atoms with van der Waals surface area (Å²) >= 11 is 1.25. The first kappa shape index (κ1) is 20.4. The van der Waals surface area contributed by atoms with Crippen molar-refractivity contribution in [1.29, 1.82) is 0 Å². The van der Waals surface area contributed by atoms with E-state index in [0.29, 0.717) is 16.3 Å². The van der Waals surface area contributed by atoms with Gasteiger partial charge in [0, 0.05) is 0 Å². The SMILES string of the molecule is CC(C)=C1[C@@H]2CC[C@@H]1[C@@H](C(=O)Nc1sccc1C(=O)NCc1ccco1)[C@@H]2C(=O)O. The van der Waals surface area contributed by atoms with E-state index in [1.807, 2.05) is 13.8 Å². The fourth-order valence-corrected chi connectivity index (χ4v) is 5.85. The summed E-state index contributed by atoms with van der Waals surface area (Å²) in [5.74, 6) is -2.40. The largest absolute Gasteiger partial charge is 0.481 e. The quantitative estimate of drug-likeness (QED) is 0.605. The van der Waals surface area contributed by atoms with Crippen LogP contribution in [0.3, 0.4) is 0 Å². The summed E-state index contributed by atoms with van der Waals surface area (Å²) in [5, 5.41) is 17.6. The molecule has 0 spiro atoms. The number of hydrogen-bond donors (Lipinski definition) is 3. The smallest absolute Gasteiger partial charge is 0.307 e. The van der Waals surface area contributed by atoms with E-state index in [4.69, 9.17) is 4.42 Å². The molecule has 8 heteroatoms. The summed E-state index contributed by atoms with van der Waals surface area (Å²) in [5.41, 5.74) is 2.60. The molecule has 30 heavy (non-hydrogen) atoms. The summed E-state index contributed by atoms with van der Waals surface area (Å²) < 4.78 is 5.21. The van der Waals surface area contributed by atoms with E-state index in [1.165, 1.54) is 17.6 Å². The van der Waals surface area contributed by atoms with Crippen LogP contribution in [0, 0.1) is 23.7 Å². The summed E-state index contributed by atoms with van der Waals surface area (Å²) in [6.07, 6.45) is 3.17. The normalized spacial score (nSPS) is 24.7. The molecular formula is C22H24N2O5S. The Labute approximate surface area is 178 Å². The molecule has 2 aliphatic carbocycles. The highest BCUT2D eigenvalue weighted by Crippen LogP contribution is 2.57. The van der Waals surface area contributed by atoms with Gasteiger partial charge in [-0.1, -0.05) is 11.1 Å². The van der Waals surface area contributed by atoms with Crippen LogP contribution in [0.25, 0.3) is 0 Å². The van der Waals surface area contributed by atoms with Crippen LogP contribution < -0.4 is 10.6 Å². The van der Waals surface area contributed by atoms with Crippen LogP contribution in [-0.4, -0.2) is 22.9 Å². The summed E-state index contributed by atoms with van der Waals surface area (Å²) in [6, 6.07) is 5.15. The Morgan fingerprint density at radius 2 is 1.90 bits per heavy atom. The first-order chi connectivity index (χ1) is 14.4. The van der Waals surface area contributed by atoms with Gasteiger partial charge in [0.25, 0.3) is 5.91 Å². The highest BCUT2D eigenvalue weighted by molar-refractivity contribution is 7.14. The summed E-state index contributed by atoms with van der Waals surface area (Å²) in [4.78, 5) is 37.7. The van der Waals surface area contributed by atoms with Crippen molar-refractivity contribution in [3.63, 3.8) is 0 Å². The van der Waals surface area contributed by atoms with E-state index in [0.717, 1.165) is 24.0 Å². The first-order valence-electron chi connectivity index (χ1n) is 9.97. The van der Waals surface area contributed by atoms with Gasteiger partial charge in [0.05, 0.1) is 30.2 Å². The van der Waals surface area contributed by atoms with E-state index in [2.05, 4.69) is 10.6 Å². The van der Waals surface area contributed by atoms with E-state index in [1.54, 1.807) is 23.6 Å². The highest BCUT2D eigenvalue weighted by Gasteiger charge is 2.57. The van der Waals surface area contributed by atoms with Crippen molar-refractivity contribution in [2.24, 2.45) is 23.7 Å². The molecule has 0 aliphatic heterocycles. The van der Waals surface area contributed by atoms with Crippen LogP contribution in [0.1, 0.15) is 42.8 Å². The third-order valence-corrected chi connectivity index (χ3v) is 6.99. The molecule has 2 aromatic heterocycles. The number of carbonyl (C=O) groups is 3. The van der Waals surface area contributed by atoms with Gasteiger partial charge in [-0.25, -0.2) is 0 Å². The van der Waals surface area contributed by atoms with E-state index < -0.39 is 17.8 Å². The van der Waals surface area contributed by atoms with E-state index >= 15 is 0 Å². The number of anilines is 1. The lowest BCUT2D eigenvalue weighted by atomic mass is 9.79. The number of furan rings is 1. The predicted molar refractivity (Wildman–Crippen MR) is 112 cm³/mol. The second kappa shape index (κ2) is 8.10. The maximum atomic E-state index is 13.2. The van der Waals surface area contributed by atoms with E-state index in [9.17, 15) is 19.5 Å². The van der Waals surface area contributed by atoms with Crippen molar-refractivity contribution in [1.82, 2.24) is 5.32 Å². The lowest BCUT2D eigenvalue weighted by Crippen LogP contribution is -2.38. The number of carbonyl (C=O) groups excluding carboxylic acids is 2. The Morgan fingerprint density at radius 1 is 1.17 bits per heavy atom. The third kappa shape index (κ3) is 3.56. The number of rotatable bonds is 6. The minimum Gasteiger partial charge on any atom is -0.481 e. The number of allylic oxidation sites excluding steroid dienone is 2. The number of carboxylic acids is 1. The maximum absolute atomic E-state index is 13.2. The Kier molecular flexibility index (Phi) is 5.51. The number of amides is 2. The fraction of sp³-hybridized carbons (Fsp3) is 0.409. The van der Waals surface area contributed by atoms with Crippen molar-refractivity contribution in [3.8, 4) is 0 Å². The predicted octanol–water partition coefficient (Wildman–Crippen LogP) is 3.90. The van der Waals surface area contributed by atoms with Crippen LogP contribution in [0.2, 0.25) is 0 Å². The summed E-state index contributed by atoms with van der Waals surface area (Å²) in [7, 11) is 0. The molecule has 4 rings (SSSR count). The molecule has 2 aromatic rings. The Balaban J connectivity index is 1.51. The second-order valence-corrected chi connectivity index (χ2v) is 8.97. The van der Waals surface area contributed by atoms with E-state index in [-0.39, 0.29) is 30.2 Å². The standard InChI is InChI=1S/C22H24N2O5S/c1-11(2)16-13-5-6-14(16)18(22(27)28)17(13)20(26)24-21-15(7-9-30-21)19(25)23-10-12-4-3-8-29-12/h3-4,7-9,13-14,17-18H,5-6,10H2,1-2H3,(H,23,25)(H,24,26)(H,27,28)/t13-,14-,17+,18+/m0/s1. The molecule has 2 aliphatic rings. The molecule has 0 aromatic carbocycles. The van der Waals surface area contributed by atoms with Crippen LogP contribution in [0.4, 0.5) is 5.00 Å². The molecule has 3 N–H and O–H groups in total. The fourth-order valence-electron chi connectivity index (χ4n) is 5.06. The molecule has 2 amide bonds. The minimum atomic E-state index is -0.927. The lowest BCUT2D eigenvalue weighted by molar-refractivity contribution is -0.148. The molecule has 2 heterocycles. The molecule has 0 unspecified atom stereocenters. The van der Waals surface area contributed by atoms with Crippen LogP contribution in [0.5, 0.6) is 0 Å². The van der Waals surface area contributed by atoms with Crippen molar-refractivity contribution in [2.75, 3.05) is 5.32 Å². The Morgan fingerprint density at radius 3 is 2.53 bits per heavy atom. The molecule has 2 bridgehead atoms. The molecule has 4 atom stereocenters. The zero-order valence-corrected chi connectivity index (χ0v) is 17.6. The Bertz CT molecular complexity index is 1000. The number of hydrogen-bond acceptors (Lipinski definition) is 5. The number of nitrogens with one attached hydrogen (secondary N) is 2. The molecule has 158 valence electrons. The average Bonchev–Trinajstić information content (AvgIpc) is 3.48. The second-order valence-electron chi connectivity index (χ2n) is 8.05. The molecule has 2 fully saturated rings. The number of thiophene rings is 1. The van der Waals surface area contributed by atoms with Gasteiger partial charge in [-0.05, 0) is 62.1 Å². The van der Waals surface area contributed by atoms with Gasteiger partial charge < -0.3 is 20.2 Å². The van der Waals surface area contributed by atoms with Crippen LogP contribution >= 0.6 is 11.3 Å². The first-order valence-corrected chi connectivity index (χ1v) is 10.9. The maximum Gasteiger partial charge on any atom is 0.307 e. The van der Waals surface area contributed by atoms with Gasteiger partial charge in [-0.3, -0.25) is 14.4 Å². The van der Waals surface area contributed by atoms with Gasteiger partial charge in [-0.2, -0.15) is 0 Å². The monoisotopic (exact) mass is 428 g/mol. The van der Waals surface area contributed by atoms with Crippen molar-refractivity contribution >= 4 is 34.1 Å². The zero-order valence-electron chi connectivity index (χ0n) is 16.8. The number of fused-ring (bicyclic) bond motifs is 2. The molecule has 2 saturated carbocycles. The number of carboxylic acid groups (broad SMARTS) is 1. The lowest BCUT2D eigenvalue weighted by Gasteiger charge is -2.26. The van der Waals surface area contributed by atoms with Gasteiger partial charge >= 0.3 is 5.97 Å². The molecular weight excluding hydrogens is 404 g/mol. The molecule has 0 radical (unpaired) electrons. The van der Waals surface area contributed by atoms with Gasteiger partial charge in [0.1, 0.15) is 10.8 Å². The van der Waals surface area contributed by atoms with Gasteiger partial charge in [0.15, 0.2) is 0 Å². The van der Waals surface area contributed by atoms with Crippen molar-refractivity contribution in [3.05, 3.63) is 52.3 Å². The topological polar surface area (TPSA) is 109 Å². The third-order valence-electron chi connectivity index (χ3n) is 6.16. The Hall–Kier alpha value is -2.87. The van der Waals surface area contributed by atoms with Crippen molar-refractivity contribution in [2.45, 2.75) is 33.2 Å². The minimum absolute atomic E-state index is 0.0442. The van der Waals surface area contributed by atoms with Gasteiger partial charge in [0.2, 0.25) is 5.91 Å². The highest BCUT2D eigenvalue weighted by atomic mass is 32.1. The van der Waals surface area contributed by atoms with Crippen molar-refractivity contribution < 1.29 is 23.9 Å². The molecule has 0 saturated heterocycles. The van der Waals surface area contributed by atoms with Crippen LogP contribution in [0.15, 0.2) is 45.4 Å². The van der Waals surface area contributed by atoms with Gasteiger partial charge in [-0.15, -0.1) is 11.3 Å². The number of aliphatic carboxylic acids is 1. The van der Waals surface area contributed by atoms with Crippen LogP contribution in [-0.2, 0) is 16.1 Å². The molecule has 7 nitrogen and oxygen atoms in total. The average molecular weight is 429 g/mol.